The summed E-state index contributed by atoms with van der Waals surface area (Å²) in [6, 6.07) is 10.1. The van der Waals surface area contributed by atoms with Crippen molar-refractivity contribution >= 4 is 23.2 Å². The highest BCUT2D eigenvalue weighted by Crippen LogP contribution is 2.27. The lowest BCUT2D eigenvalue weighted by Crippen LogP contribution is -2.13. The quantitative estimate of drug-likeness (QED) is 0.846. The van der Waals surface area contributed by atoms with Crippen LogP contribution in [0.2, 0.25) is 5.02 Å². The maximum Gasteiger partial charge on any atom is 0.250 e. The number of nitrogen functional groups attached to an aromatic ring is 1. The second kappa shape index (κ2) is 5.20. The van der Waals surface area contributed by atoms with Crippen LogP contribution in [0.15, 0.2) is 36.4 Å². The maximum atomic E-state index is 11.2. The van der Waals surface area contributed by atoms with Gasteiger partial charge in [0.15, 0.2) is 0 Å². The molecule has 0 saturated heterocycles. The largest absolute Gasteiger partial charge is 0.457 e. The number of halogens is 1. The Hall–Kier alpha value is -2.20. The van der Waals surface area contributed by atoms with Gasteiger partial charge in [0.05, 0.1) is 5.56 Å². The lowest BCUT2D eigenvalue weighted by molar-refractivity contribution is 0.100. The highest BCUT2D eigenvalue weighted by atomic mass is 35.5. The van der Waals surface area contributed by atoms with E-state index in [4.69, 9.17) is 27.8 Å². The Morgan fingerprint density at radius 2 is 1.79 bits per heavy atom. The zero-order valence-electron chi connectivity index (χ0n) is 10.3. The molecule has 0 spiro atoms. The third-order valence-electron chi connectivity index (χ3n) is 2.66. The monoisotopic (exact) mass is 276 g/mol. The van der Waals surface area contributed by atoms with Crippen LogP contribution in [0.25, 0.3) is 0 Å². The third-order valence-corrected chi connectivity index (χ3v) is 3.08. The molecule has 0 unspecified atom stereocenters. The summed E-state index contributed by atoms with van der Waals surface area (Å²) in [6.45, 7) is 1.88. The van der Waals surface area contributed by atoms with E-state index < -0.39 is 5.91 Å². The smallest absolute Gasteiger partial charge is 0.250 e. The first-order valence-corrected chi connectivity index (χ1v) is 5.98. The van der Waals surface area contributed by atoms with Crippen molar-refractivity contribution in [2.45, 2.75) is 6.92 Å². The minimum absolute atomic E-state index is 0.239. The molecular formula is C14H13ClN2O2. The topological polar surface area (TPSA) is 78.3 Å². The van der Waals surface area contributed by atoms with E-state index in [2.05, 4.69) is 0 Å². The molecule has 0 saturated carbocycles. The number of hydrogen-bond donors (Lipinski definition) is 2. The molecule has 4 N–H and O–H groups in total. The van der Waals surface area contributed by atoms with E-state index in [0.717, 1.165) is 5.56 Å². The minimum Gasteiger partial charge on any atom is -0.457 e. The Morgan fingerprint density at radius 3 is 2.42 bits per heavy atom. The normalized spacial score (nSPS) is 10.2. The van der Waals surface area contributed by atoms with Gasteiger partial charge in [-0.05, 0) is 48.9 Å². The standard InChI is InChI=1S/C14H13ClN2O2/c1-8-6-9(2-4-12(8)15)19-10-3-5-13(16)11(7-10)14(17)18/h2-7H,16H2,1H3,(H2,17,18). The molecule has 0 aliphatic rings. The number of benzene rings is 2. The molecule has 0 aliphatic carbocycles. The molecule has 0 aromatic heterocycles. The summed E-state index contributed by atoms with van der Waals surface area (Å²) in [6.07, 6.45) is 0. The van der Waals surface area contributed by atoms with Gasteiger partial charge in [-0.2, -0.15) is 0 Å². The Bertz CT molecular complexity index is 641. The van der Waals surface area contributed by atoms with Crippen molar-refractivity contribution in [1.29, 1.82) is 0 Å². The van der Waals surface area contributed by atoms with Crippen LogP contribution in [0, 0.1) is 6.92 Å². The van der Waals surface area contributed by atoms with Crippen LogP contribution < -0.4 is 16.2 Å². The summed E-state index contributed by atoms with van der Waals surface area (Å²) in [5, 5.41) is 0.669. The van der Waals surface area contributed by atoms with Gasteiger partial charge in [0.2, 0.25) is 0 Å². The highest BCUT2D eigenvalue weighted by molar-refractivity contribution is 6.31. The van der Waals surface area contributed by atoms with Crippen LogP contribution in [0.5, 0.6) is 11.5 Å². The highest BCUT2D eigenvalue weighted by Gasteiger charge is 2.08. The van der Waals surface area contributed by atoms with Crippen molar-refractivity contribution in [3.63, 3.8) is 0 Å². The molecule has 0 atom stereocenters. The molecule has 5 heteroatoms. The van der Waals surface area contributed by atoms with Gasteiger partial charge >= 0.3 is 0 Å². The minimum atomic E-state index is -0.588. The molecule has 4 nitrogen and oxygen atoms in total. The molecule has 1 amide bonds. The second-order valence-electron chi connectivity index (χ2n) is 4.13. The van der Waals surface area contributed by atoms with E-state index in [-0.39, 0.29) is 5.56 Å². The van der Waals surface area contributed by atoms with Crippen LogP contribution in [0.3, 0.4) is 0 Å². The number of anilines is 1. The van der Waals surface area contributed by atoms with Crippen molar-refractivity contribution in [2.75, 3.05) is 5.73 Å². The Balaban J connectivity index is 2.30. The summed E-state index contributed by atoms with van der Waals surface area (Å²) < 4.78 is 5.64. The van der Waals surface area contributed by atoms with Crippen molar-refractivity contribution in [3.8, 4) is 11.5 Å². The fraction of sp³-hybridized carbons (Fsp3) is 0.0714. The Kier molecular flexibility index (Phi) is 3.62. The number of amides is 1. The number of carbonyl (C=O) groups excluding carboxylic acids is 1. The molecule has 2 aromatic carbocycles. The average molecular weight is 277 g/mol. The van der Waals surface area contributed by atoms with Crippen LogP contribution >= 0.6 is 11.6 Å². The fourth-order valence-corrected chi connectivity index (χ4v) is 1.75. The van der Waals surface area contributed by atoms with Crippen LogP contribution in [0.4, 0.5) is 5.69 Å². The van der Waals surface area contributed by atoms with E-state index in [0.29, 0.717) is 22.2 Å². The molecule has 0 radical (unpaired) electrons. The van der Waals surface area contributed by atoms with Crippen molar-refractivity contribution in [1.82, 2.24) is 0 Å². The van der Waals surface area contributed by atoms with Crippen LogP contribution in [0.1, 0.15) is 15.9 Å². The molecule has 0 heterocycles. The maximum absolute atomic E-state index is 11.2. The van der Waals surface area contributed by atoms with Gasteiger partial charge < -0.3 is 16.2 Å². The van der Waals surface area contributed by atoms with E-state index in [1.165, 1.54) is 6.07 Å². The van der Waals surface area contributed by atoms with Crippen molar-refractivity contribution < 1.29 is 9.53 Å². The first kappa shape index (κ1) is 13.2. The van der Waals surface area contributed by atoms with E-state index >= 15 is 0 Å². The molecule has 2 aromatic rings. The number of carbonyl (C=O) groups is 1. The van der Waals surface area contributed by atoms with Gasteiger partial charge in [0.1, 0.15) is 11.5 Å². The summed E-state index contributed by atoms with van der Waals surface area (Å²) >= 11 is 5.94. The number of hydrogen-bond acceptors (Lipinski definition) is 3. The number of rotatable bonds is 3. The fourth-order valence-electron chi connectivity index (χ4n) is 1.63. The molecule has 19 heavy (non-hydrogen) atoms. The molecular weight excluding hydrogens is 264 g/mol. The summed E-state index contributed by atoms with van der Waals surface area (Å²) in [7, 11) is 0. The second-order valence-corrected chi connectivity index (χ2v) is 4.53. The predicted octanol–water partition coefficient (Wildman–Crippen LogP) is 3.12. The SMILES string of the molecule is Cc1cc(Oc2ccc(N)c(C(N)=O)c2)ccc1Cl. The van der Waals surface area contributed by atoms with Crippen molar-refractivity contribution in [3.05, 3.63) is 52.5 Å². The van der Waals surface area contributed by atoms with Crippen LogP contribution in [-0.2, 0) is 0 Å². The number of ether oxygens (including phenoxy) is 1. The number of aryl methyl sites for hydroxylation is 1. The van der Waals surface area contributed by atoms with E-state index in [1.807, 2.05) is 13.0 Å². The lowest BCUT2D eigenvalue weighted by atomic mass is 10.1. The molecule has 0 fully saturated rings. The first-order valence-electron chi connectivity index (χ1n) is 5.60. The first-order chi connectivity index (χ1) is 8.97. The van der Waals surface area contributed by atoms with Gasteiger partial charge in [-0.3, -0.25) is 4.79 Å². The summed E-state index contributed by atoms with van der Waals surface area (Å²) in [5.74, 6) is 0.530. The predicted molar refractivity (Wildman–Crippen MR) is 75.6 cm³/mol. The van der Waals surface area contributed by atoms with Crippen LogP contribution in [-0.4, -0.2) is 5.91 Å². The van der Waals surface area contributed by atoms with Gasteiger partial charge in [-0.1, -0.05) is 11.6 Å². The zero-order valence-corrected chi connectivity index (χ0v) is 11.1. The molecule has 2 rings (SSSR count). The van der Waals surface area contributed by atoms with Gasteiger partial charge in [0.25, 0.3) is 5.91 Å². The summed E-state index contributed by atoms with van der Waals surface area (Å²) in [5.41, 5.74) is 12.4. The van der Waals surface area contributed by atoms with Gasteiger partial charge in [-0.15, -0.1) is 0 Å². The van der Waals surface area contributed by atoms with E-state index in [9.17, 15) is 4.79 Å². The molecule has 0 aliphatic heterocycles. The van der Waals surface area contributed by atoms with E-state index in [1.54, 1.807) is 24.3 Å². The summed E-state index contributed by atoms with van der Waals surface area (Å²) in [4.78, 5) is 11.2. The molecule has 98 valence electrons. The Morgan fingerprint density at radius 1 is 1.16 bits per heavy atom. The van der Waals surface area contributed by atoms with Crippen molar-refractivity contribution in [2.24, 2.45) is 5.73 Å². The van der Waals surface area contributed by atoms with Gasteiger partial charge in [0, 0.05) is 10.7 Å². The Labute approximate surface area is 115 Å². The number of nitrogens with two attached hydrogens (primary N) is 2. The average Bonchev–Trinajstić information content (AvgIpc) is 2.36. The number of primary amides is 1. The third kappa shape index (κ3) is 2.98. The molecule has 0 bridgehead atoms. The lowest BCUT2D eigenvalue weighted by Gasteiger charge is -2.09. The van der Waals surface area contributed by atoms with Gasteiger partial charge in [-0.25, -0.2) is 0 Å². The zero-order chi connectivity index (χ0) is 14.0.